The Morgan fingerprint density at radius 2 is 2.28 bits per heavy atom. The second-order valence-electron chi connectivity index (χ2n) is 3.96. The van der Waals surface area contributed by atoms with Crippen molar-refractivity contribution in [1.29, 1.82) is 0 Å². The van der Waals surface area contributed by atoms with Crippen molar-refractivity contribution in [3.05, 3.63) is 41.4 Å². The number of benzene rings is 1. The number of ether oxygens (including phenoxy) is 1. The molecule has 100 valence electrons. The molecule has 0 atom stereocenters. The normalized spacial score (nSPS) is 10.7. The summed E-state index contributed by atoms with van der Waals surface area (Å²) in [6, 6.07) is 5.76. The van der Waals surface area contributed by atoms with Gasteiger partial charge in [-0.15, -0.1) is 0 Å². The Morgan fingerprint density at radius 3 is 2.83 bits per heavy atom. The lowest BCUT2D eigenvalue weighted by atomic mass is 10.2. The Bertz CT molecular complexity index is 382. The van der Waals surface area contributed by atoms with Crippen LogP contribution in [-0.4, -0.2) is 36.3 Å². The molecule has 1 aromatic carbocycles. The molecule has 1 rings (SSSR count). The zero-order valence-electron chi connectivity index (χ0n) is 10.7. The molecular formula is C14H20ClNO2. The summed E-state index contributed by atoms with van der Waals surface area (Å²) in [6.07, 6.45) is 1.68. The van der Waals surface area contributed by atoms with Gasteiger partial charge in [-0.1, -0.05) is 37.2 Å². The van der Waals surface area contributed by atoms with E-state index in [9.17, 15) is 0 Å². The largest absolute Gasteiger partial charge is 0.488 e. The van der Waals surface area contributed by atoms with Gasteiger partial charge in [-0.2, -0.15) is 0 Å². The van der Waals surface area contributed by atoms with Crippen molar-refractivity contribution in [3.63, 3.8) is 0 Å². The molecule has 0 bridgehead atoms. The maximum absolute atomic E-state index is 8.94. The summed E-state index contributed by atoms with van der Waals surface area (Å²) in [5, 5.41) is 9.55. The van der Waals surface area contributed by atoms with E-state index in [1.807, 2.05) is 18.2 Å². The van der Waals surface area contributed by atoms with Gasteiger partial charge in [-0.25, -0.2) is 0 Å². The van der Waals surface area contributed by atoms with Crippen LogP contribution in [0.2, 0.25) is 5.02 Å². The lowest BCUT2D eigenvalue weighted by Gasteiger charge is -2.19. The molecular weight excluding hydrogens is 250 g/mol. The number of halogens is 1. The van der Waals surface area contributed by atoms with Crippen molar-refractivity contribution in [3.8, 4) is 5.75 Å². The molecule has 4 heteroatoms. The highest BCUT2D eigenvalue weighted by Crippen LogP contribution is 2.26. The van der Waals surface area contributed by atoms with Gasteiger partial charge in [0.25, 0.3) is 0 Å². The average Bonchev–Trinajstić information content (AvgIpc) is 2.37. The van der Waals surface area contributed by atoms with Crippen LogP contribution in [0.5, 0.6) is 5.75 Å². The first-order valence-electron chi connectivity index (χ1n) is 6.06. The Kier molecular flexibility index (Phi) is 6.80. The molecule has 0 saturated carbocycles. The lowest BCUT2D eigenvalue weighted by molar-refractivity contribution is 0.197. The number of hydrogen-bond donors (Lipinski definition) is 1. The third kappa shape index (κ3) is 4.69. The van der Waals surface area contributed by atoms with Crippen LogP contribution in [0, 0.1) is 0 Å². The molecule has 0 aliphatic heterocycles. The highest BCUT2D eigenvalue weighted by Gasteiger charge is 2.06. The zero-order valence-corrected chi connectivity index (χ0v) is 11.5. The molecule has 0 saturated heterocycles. The van der Waals surface area contributed by atoms with E-state index in [0.717, 1.165) is 18.7 Å². The van der Waals surface area contributed by atoms with Crippen LogP contribution in [0.15, 0.2) is 30.9 Å². The van der Waals surface area contributed by atoms with Gasteiger partial charge in [0.1, 0.15) is 12.4 Å². The van der Waals surface area contributed by atoms with Crippen LogP contribution in [0.4, 0.5) is 0 Å². The molecule has 18 heavy (non-hydrogen) atoms. The predicted octanol–water partition coefficient (Wildman–Crippen LogP) is 2.72. The monoisotopic (exact) mass is 269 g/mol. The van der Waals surface area contributed by atoms with E-state index in [0.29, 0.717) is 23.9 Å². The maximum Gasteiger partial charge on any atom is 0.138 e. The van der Waals surface area contributed by atoms with E-state index in [4.69, 9.17) is 21.4 Å². The highest BCUT2D eigenvalue weighted by molar-refractivity contribution is 6.32. The number of nitrogens with zero attached hydrogens (tertiary/aromatic N) is 1. The van der Waals surface area contributed by atoms with Crippen molar-refractivity contribution in [2.45, 2.75) is 13.5 Å². The predicted molar refractivity (Wildman–Crippen MR) is 75.2 cm³/mol. The Morgan fingerprint density at radius 1 is 1.50 bits per heavy atom. The number of aliphatic hydroxyl groups is 1. The second-order valence-corrected chi connectivity index (χ2v) is 4.36. The first-order valence-corrected chi connectivity index (χ1v) is 6.44. The van der Waals surface area contributed by atoms with Crippen molar-refractivity contribution in [1.82, 2.24) is 4.90 Å². The Hall–Kier alpha value is -1.03. The van der Waals surface area contributed by atoms with Gasteiger partial charge in [-0.3, -0.25) is 4.90 Å². The third-order valence-corrected chi connectivity index (χ3v) is 2.92. The first kappa shape index (κ1) is 15.0. The topological polar surface area (TPSA) is 32.7 Å². The summed E-state index contributed by atoms with van der Waals surface area (Å²) in [4.78, 5) is 2.15. The second kappa shape index (κ2) is 8.14. The third-order valence-electron chi connectivity index (χ3n) is 2.62. The van der Waals surface area contributed by atoms with E-state index < -0.39 is 0 Å². The van der Waals surface area contributed by atoms with Crippen LogP contribution < -0.4 is 4.74 Å². The zero-order chi connectivity index (χ0) is 13.4. The number of aliphatic hydroxyl groups excluding tert-OH is 1. The van der Waals surface area contributed by atoms with Crippen LogP contribution in [0.1, 0.15) is 12.5 Å². The number of likely N-dealkylation sites (N-methyl/N-ethyl adjacent to an activating group) is 1. The Labute approximate surface area is 114 Å². The first-order chi connectivity index (χ1) is 8.71. The minimum absolute atomic E-state index is 0.169. The molecule has 0 fully saturated rings. The fraction of sp³-hybridized carbons (Fsp3) is 0.429. The molecule has 1 N–H and O–H groups in total. The SMILES string of the molecule is C=CCOc1ccc(CN(CC)CCO)cc1Cl. The highest BCUT2D eigenvalue weighted by atomic mass is 35.5. The minimum atomic E-state index is 0.169. The van der Waals surface area contributed by atoms with E-state index in [2.05, 4.69) is 18.4 Å². The Balaban J connectivity index is 2.67. The molecule has 1 aromatic rings. The lowest BCUT2D eigenvalue weighted by Crippen LogP contribution is -2.26. The van der Waals surface area contributed by atoms with Gasteiger partial charge in [0.2, 0.25) is 0 Å². The fourth-order valence-corrected chi connectivity index (χ4v) is 1.91. The van der Waals surface area contributed by atoms with Crippen molar-refractivity contribution >= 4 is 11.6 Å². The van der Waals surface area contributed by atoms with E-state index >= 15 is 0 Å². The van der Waals surface area contributed by atoms with Crippen LogP contribution >= 0.6 is 11.6 Å². The molecule has 0 aromatic heterocycles. The van der Waals surface area contributed by atoms with Crippen LogP contribution in [-0.2, 0) is 6.54 Å². The maximum atomic E-state index is 8.94. The van der Waals surface area contributed by atoms with Gasteiger partial charge in [0.15, 0.2) is 0 Å². The van der Waals surface area contributed by atoms with E-state index in [-0.39, 0.29) is 6.61 Å². The summed E-state index contributed by atoms with van der Waals surface area (Å²) in [5.41, 5.74) is 1.11. The summed E-state index contributed by atoms with van der Waals surface area (Å²) in [7, 11) is 0. The molecule has 0 radical (unpaired) electrons. The standard InChI is InChI=1S/C14H20ClNO2/c1-3-9-18-14-6-5-12(10-13(14)15)11-16(4-2)7-8-17/h3,5-6,10,17H,1,4,7-9,11H2,2H3. The molecule has 0 spiro atoms. The van der Waals surface area contributed by atoms with Gasteiger partial charge in [0, 0.05) is 13.1 Å². The van der Waals surface area contributed by atoms with Crippen molar-refractivity contribution < 1.29 is 9.84 Å². The molecule has 0 aliphatic rings. The molecule has 0 amide bonds. The summed E-state index contributed by atoms with van der Waals surface area (Å²) in [6.45, 7) is 8.62. The van der Waals surface area contributed by atoms with Crippen LogP contribution in [0.3, 0.4) is 0 Å². The van der Waals surface area contributed by atoms with Gasteiger partial charge >= 0.3 is 0 Å². The van der Waals surface area contributed by atoms with E-state index in [1.54, 1.807) is 6.08 Å². The minimum Gasteiger partial charge on any atom is -0.488 e. The smallest absolute Gasteiger partial charge is 0.138 e. The fourth-order valence-electron chi connectivity index (χ4n) is 1.66. The molecule has 0 unspecified atom stereocenters. The summed E-state index contributed by atoms with van der Waals surface area (Å²) >= 11 is 6.14. The average molecular weight is 270 g/mol. The van der Waals surface area contributed by atoms with Crippen molar-refractivity contribution in [2.75, 3.05) is 26.3 Å². The summed E-state index contributed by atoms with van der Waals surface area (Å²) in [5.74, 6) is 0.672. The molecule has 0 aliphatic carbocycles. The van der Waals surface area contributed by atoms with Gasteiger partial charge in [-0.05, 0) is 24.2 Å². The number of rotatable bonds is 8. The van der Waals surface area contributed by atoms with Gasteiger partial charge < -0.3 is 9.84 Å². The van der Waals surface area contributed by atoms with Crippen molar-refractivity contribution in [2.24, 2.45) is 0 Å². The summed E-state index contributed by atoms with van der Waals surface area (Å²) < 4.78 is 5.42. The van der Waals surface area contributed by atoms with Gasteiger partial charge in [0.05, 0.1) is 11.6 Å². The van der Waals surface area contributed by atoms with Crippen LogP contribution in [0.25, 0.3) is 0 Å². The quantitative estimate of drug-likeness (QED) is 0.737. The number of hydrogen-bond acceptors (Lipinski definition) is 3. The molecule has 3 nitrogen and oxygen atoms in total. The van der Waals surface area contributed by atoms with E-state index in [1.165, 1.54) is 0 Å². The molecule has 0 heterocycles.